The lowest BCUT2D eigenvalue weighted by atomic mass is 10.0. The smallest absolute Gasteiger partial charge is 0.264 e. The Morgan fingerprint density at radius 3 is 2.79 bits per heavy atom. The van der Waals surface area contributed by atoms with Crippen LogP contribution in [-0.4, -0.2) is 51.8 Å². The lowest BCUT2D eigenvalue weighted by Crippen LogP contribution is -2.30. The molecule has 0 radical (unpaired) electrons. The Balaban J connectivity index is 1.45. The van der Waals surface area contributed by atoms with E-state index in [-0.39, 0.29) is 11.9 Å². The van der Waals surface area contributed by atoms with E-state index in [9.17, 15) is 13.2 Å². The van der Waals surface area contributed by atoms with Crippen LogP contribution in [0.5, 0.6) is 11.5 Å². The van der Waals surface area contributed by atoms with E-state index in [4.69, 9.17) is 9.47 Å². The molecule has 2 aromatic rings. The maximum absolute atomic E-state index is 13.1. The van der Waals surface area contributed by atoms with Gasteiger partial charge in [0.15, 0.2) is 11.5 Å². The van der Waals surface area contributed by atoms with Crippen LogP contribution in [-0.2, 0) is 16.4 Å². The predicted octanol–water partition coefficient (Wildman–Crippen LogP) is 2.59. The van der Waals surface area contributed by atoms with Crippen molar-refractivity contribution in [2.75, 3.05) is 32.6 Å². The average Bonchev–Trinajstić information content (AvgIpc) is 3.36. The number of benzene rings is 1. The zero-order chi connectivity index (χ0) is 20.4. The molecule has 0 bridgehead atoms. The molecule has 2 aliphatic rings. The largest absolute Gasteiger partial charge is 0.486 e. The van der Waals surface area contributed by atoms with Crippen LogP contribution in [0, 0.1) is 0 Å². The van der Waals surface area contributed by atoms with E-state index in [2.05, 4.69) is 4.72 Å². The molecular formula is C20H24N2O5S2. The molecule has 2 aliphatic heterocycles. The molecule has 7 nitrogen and oxygen atoms in total. The number of sulfonamides is 1. The van der Waals surface area contributed by atoms with Crippen molar-refractivity contribution in [2.45, 2.75) is 25.3 Å². The van der Waals surface area contributed by atoms with Crippen molar-refractivity contribution in [1.29, 1.82) is 0 Å². The second kappa shape index (κ2) is 8.33. The fourth-order valence-corrected chi connectivity index (χ4v) is 5.19. The summed E-state index contributed by atoms with van der Waals surface area (Å²) in [6, 6.07) is 9.68. The van der Waals surface area contributed by atoms with Crippen LogP contribution >= 0.6 is 11.3 Å². The van der Waals surface area contributed by atoms with E-state index in [1.54, 1.807) is 0 Å². The molecule has 1 atom stereocenters. The van der Waals surface area contributed by atoms with Gasteiger partial charge in [-0.2, -0.15) is 0 Å². The molecule has 29 heavy (non-hydrogen) atoms. The first-order chi connectivity index (χ1) is 13.9. The molecule has 156 valence electrons. The zero-order valence-electron chi connectivity index (χ0n) is 16.2. The van der Waals surface area contributed by atoms with E-state index in [1.165, 1.54) is 11.3 Å². The minimum Gasteiger partial charge on any atom is -0.486 e. The van der Waals surface area contributed by atoms with Crippen molar-refractivity contribution < 1.29 is 22.7 Å². The Hall–Kier alpha value is -2.10. The number of likely N-dealkylation sites (tertiary alicyclic amines) is 1. The Bertz CT molecular complexity index is 1000. The first-order valence-corrected chi connectivity index (χ1v) is 12.4. The van der Waals surface area contributed by atoms with E-state index in [0.29, 0.717) is 31.1 Å². The third-order valence-electron chi connectivity index (χ3n) is 5.07. The highest BCUT2D eigenvalue weighted by atomic mass is 32.2. The topological polar surface area (TPSA) is 84.9 Å². The summed E-state index contributed by atoms with van der Waals surface area (Å²) in [5, 5.41) is 0. The first-order valence-electron chi connectivity index (χ1n) is 9.64. The minimum absolute atomic E-state index is 0.0229. The number of thiophene rings is 1. The molecule has 0 spiro atoms. The lowest BCUT2D eigenvalue weighted by molar-refractivity contribution is 0.0740. The molecule has 3 heterocycles. The van der Waals surface area contributed by atoms with Crippen molar-refractivity contribution >= 4 is 27.3 Å². The standard InChI is InChI=1S/C20H24N2O5S2/c1-29(24,25)21-9-8-15-5-7-19(28-15)20(23)22-10-2-3-16(22)14-4-6-17-18(13-14)27-12-11-26-17/h4-7,13,16,21H,2-3,8-12H2,1H3/t16-/m1/s1. The fraction of sp³-hybridized carbons (Fsp3) is 0.450. The second-order valence-corrected chi connectivity index (χ2v) is 10.2. The van der Waals surface area contributed by atoms with Crippen LogP contribution in [0.3, 0.4) is 0 Å². The van der Waals surface area contributed by atoms with Crippen LogP contribution in [0.4, 0.5) is 0 Å². The van der Waals surface area contributed by atoms with Crippen molar-refractivity contribution in [1.82, 2.24) is 9.62 Å². The highest BCUT2D eigenvalue weighted by molar-refractivity contribution is 7.88. The van der Waals surface area contributed by atoms with Gasteiger partial charge in [-0.1, -0.05) is 6.07 Å². The molecule has 1 fully saturated rings. The van der Waals surface area contributed by atoms with Crippen LogP contribution in [0.2, 0.25) is 0 Å². The second-order valence-electron chi connectivity index (χ2n) is 7.24. The Kier molecular flexibility index (Phi) is 5.80. The Labute approximate surface area is 174 Å². The summed E-state index contributed by atoms with van der Waals surface area (Å²) in [4.78, 5) is 16.7. The molecule has 9 heteroatoms. The number of carbonyl (C=O) groups excluding carboxylic acids is 1. The predicted molar refractivity (Wildman–Crippen MR) is 111 cm³/mol. The molecular weight excluding hydrogens is 412 g/mol. The van der Waals surface area contributed by atoms with E-state index in [1.807, 2.05) is 35.2 Å². The fourth-order valence-electron chi connectivity index (χ4n) is 3.75. The van der Waals surface area contributed by atoms with Gasteiger partial charge < -0.3 is 14.4 Å². The van der Waals surface area contributed by atoms with Gasteiger partial charge in [0.1, 0.15) is 13.2 Å². The van der Waals surface area contributed by atoms with Gasteiger partial charge in [0.05, 0.1) is 17.2 Å². The van der Waals surface area contributed by atoms with Gasteiger partial charge in [0.2, 0.25) is 10.0 Å². The lowest BCUT2D eigenvalue weighted by Gasteiger charge is -2.26. The summed E-state index contributed by atoms with van der Waals surface area (Å²) < 4.78 is 36.1. The number of carbonyl (C=O) groups is 1. The highest BCUT2D eigenvalue weighted by Crippen LogP contribution is 2.39. The van der Waals surface area contributed by atoms with Gasteiger partial charge in [0.25, 0.3) is 5.91 Å². The molecule has 1 amide bonds. The van der Waals surface area contributed by atoms with E-state index >= 15 is 0 Å². The SMILES string of the molecule is CS(=O)(=O)NCCc1ccc(C(=O)N2CCC[C@@H]2c2ccc3c(c2)OCCO3)s1. The Morgan fingerprint density at radius 2 is 2.00 bits per heavy atom. The molecule has 1 aromatic carbocycles. The van der Waals surface area contributed by atoms with E-state index in [0.717, 1.165) is 47.6 Å². The third kappa shape index (κ3) is 4.73. The molecule has 0 aliphatic carbocycles. The number of rotatable bonds is 6. The maximum Gasteiger partial charge on any atom is 0.264 e. The summed E-state index contributed by atoms with van der Waals surface area (Å²) in [7, 11) is -3.20. The third-order valence-corrected chi connectivity index (χ3v) is 6.93. The monoisotopic (exact) mass is 436 g/mol. The van der Waals surface area contributed by atoms with E-state index < -0.39 is 10.0 Å². The number of ether oxygens (including phenoxy) is 2. The van der Waals surface area contributed by atoms with Gasteiger partial charge in [-0.05, 0) is 49.1 Å². The minimum atomic E-state index is -3.20. The number of fused-ring (bicyclic) bond motifs is 1. The number of hydrogen-bond donors (Lipinski definition) is 1. The van der Waals surface area contributed by atoms with Crippen LogP contribution in [0.15, 0.2) is 30.3 Å². The molecule has 1 saturated heterocycles. The van der Waals surface area contributed by atoms with Gasteiger partial charge in [-0.25, -0.2) is 13.1 Å². The van der Waals surface area contributed by atoms with Gasteiger partial charge in [-0.15, -0.1) is 11.3 Å². The molecule has 0 saturated carbocycles. The van der Waals surface area contributed by atoms with Crippen molar-refractivity contribution in [3.8, 4) is 11.5 Å². The van der Waals surface area contributed by atoms with Crippen molar-refractivity contribution in [3.05, 3.63) is 45.6 Å². The van der Waals surface area contributed by atoms with Gasteiger partial charge in [-0.3, -0.25) is 4.79 Å². The van der Waals surface area contributed by atoms with Crippen LogP contribution in [0.25, 0.3) is 0 Å². The summed E-state index contributed by atoms with van der Waals surface area (Å²) in [6.45, 7) is 2.15. The van der Waals surface area contributed by atoms with Crippen LogP contribution < -0.4 is 14.2 Å². The van der Waals surface area contributed by atoms with Crippen LogP contribution in [0.1, 0.15) is 39.0 Å². The van der Waals surface area contributed by atoms with Crippen molar-refractivity contribution in [2.24, 2.45) is 0 Å². The number of nitrogens with zero attached hydrogens (tertiary/aromatic N) is 1. The summed E-state index contributed by atoms with van der Waals surface area (Å²) in [5.41, 5.74) is 1.06. The number of amides is 1. The summed E-state index contributed by atoms with van der Waals surface area (Å²) in [6.07, 6.45) is 3.58. The highest BCUT2D eigenvalue weighted by Gasteiger charge is 2.32. The molecule has 0 unspecified atom stereocenters. The zero-order valence-corrected chi connectivity index (χ0v) is 17.9. The summed E-state index contributed by atoms with van der Waals surface area (Å²) in [5.74, 6) is 1.51. The normalized spacial score (nSPS) is 18.8. The summed E-state index contributed by atoms with van der Waals surface area (Å²) >= 11 is 1.43. The Morgan fingerprint density at radius 1 is 1.21 bits per heavy atom. The molecule has 1 aromatic heterocycles. The quantitative estimate of drug-likeness (QED) is 0.752. The van der Waals surface area contributed by atoms with Gasteiger partial charge >= 0.3 is 0 Å². The van der Waals surface area contributed by atoms with Crippen molar-refractivity contribution in [3.63, 3.8) is 0 Å². The molecule has 4 rings (SSSR count). The first kappa shape index (κ1) is 20.2. The average molecular weight is 437 g/mol. The maximum atomic E-state index is 13.1. The molecule has 1 N–H and O–H groups in total. The number of hydrogen-bond acceptors (Lipinski definition) is 6. The van der Waals surface area contributed by atoms with Gasteiger partial charge in [0, 0.05) is 18.0 Å². The number of nitrogens with one attached hydrogen (secondary N) is 1.